The van der Waals surface area contributed by atoms with Crippen molar-refractivity contribution >= 4 is 10.0 Å². The Morgan fingerprint density at radius 2 is 2.04 bits per heavy atom. The molecule has 1 saturated heterocycles. The van der Waals surface area contributed by atoms with Gasteiger partial charge in [-0.1, -0.05) is 22.8 Å². The lowest BCUT2D eigenvalue weighted by atomic mass is 10.2. The van der Waals surface area contributed by atoms with E-state index in [1.165, 1.54) is 4.31 Å². The molecule has 132 valence electrons. The first-order valence-corrected chi connectivity index (χ1v) is 9.25. The van der Waals surface area contributed by atoms with Crippen molar-refractivity contribution in [3.05, 3.63) is 40.3 Å². The minimum atomic E-state index is -3.46. The van der Waals surface area contributed by atoms with Crippen molar-refractivity contribution in [2.24, 2.45) is 5.11 Å². The zero-order valence-corrected chi connectivity index (χ0v) is 14.5. The van der Waals surface area contributed by atoms with Crippen LogP contribution >= 0.6 is 0 Å². The molecule has 1 aromatic carbocycles. The Morgan fingerprint density at radius 3 is 2.75 bits per heavy atom. The molecule has 0 saturated carbocycles. The molecule has 1 aliphatic rings. The van der Waals surface area contributed by atoms with E-state index in [9.17, 15) is 8.42 Å². The minimum absolute atomic E-state index is 0.119. The predicted molar refractivity (Wildman–Crippen MR) is 89.1 cm³/mol. The van der Waals surface area contributed by atoms with Gasteiger partial charge in [-0.25, -0.2) is 8.42 Å². The number of hydrogen-bond donors (Lipinski definition) is 0. The van der Waals surface area contributed by atoms with Gasteiger partial charge in [0.15, 0.2) is 0 Å². The van der Waals surface area contributed by atoms with Crippen molar-refractivity contribution in [3.63, 3.8) is 0 Å². The number of rotatable bonds is 9. The molecule has 0 aromatic heterocycles. The second-order valence-electron chi connectivity index (χ2n) is 5.52. The van der Waals surface area contributed by atoms with Crippen molar-refractivity contribution in [1.82, 2.24) is 4.31 Å². The van der Waals surface area contributed by atoms with Crippen LogP contribution in [0.2, 0.25) is 0 Å². The van der Waals surface area contributed by atoms with Crippen molar-refractivity contribution in [2.45, 2.75) is 24.3 Å². The molecule has 1 aromatic rings. The van der Waals surface area contributed by atoms with Crippen molar-refractivity contribution < 1.29 is 17.9 Å². The zero-order chi connectivity index (χ0) is 17.4. The lowest BCUT2D eigenvalue weighted by Crippen LogP contribution is -2.30. The summed E-state index contributed by atoms with van der Waals surface area (Å²) >= 11 is 0. The molecule has 0 unspecified atom stereocenters. The fraction of sp³-hybridized carbons (Fsp3) is 0.600. The van der Waals surface area contributed by atoms with Crippen LogP contribution in [0.3, 0.4) is 0 Å². The van der Waals surface area contributed by atoms with E-state index in [1.54, 1.807) is 24.3 Å². The number of nitrogens with zero attached hydrogens (tertiary/aromatic N) is 4. The van der Waals surface area contributed by atoms with Gasteiger partial charge in [-0.2, -0.15) is 4.31 Å². The van der Waals surface area contributed by atoms with Gasteiger partial charge in [-0.05, 0) is 31.0 Å². The van der Waals surface area contributed by atoms with E-state index >= 15 is 0 Å². The predicted octanol–water partition coefficient (Wildman–Crippen LogP) is 2.10. The van der Waals surface area contributed by atoms with Gasteiger partial charge in [0.1, 0.15) is 0 Å². The average molecular weight is 354 g/mol. The summed E-state index contributed by atoms with van der Waals surface area (Å²) in [6.07, 6.45) is 0.551. The van der Waals surface area contributed by atoms with Crippen LogP contribution in [0.25, 0.3) is 10.4 Å². The first kappa shape index (κ1) is 18.7. The van der Waals surface area contributed by atoms with E-state index in [1.807, 2.05) is 6.92 Å². The van der Waals surface area contributed by atoms with Crippen molar-refractivity contribution in [1.29, 1.82) is 0 Å². The first-order valence-electron chi connectivity index (χ1n) is 7.81. The number of sulfonamides is 1. The number of aryl methyl sites for hydroxylation is 1. The molecule has 0 spiro atoms. The van der Waals surface area contributed by atoms with E-state index < -0.39 is 10.0 Å². The summed E-state index contributed by atoms with van der Waals surface area (Å²) in [4.78, 5) is 2.94. The molecular formula is C15H22N4O4S. The summed E-state index contributed by atoms with van der Waals surface area (Å²) in [6.45, 7) is 4.16. The number of benzene rings is 1. The third-order valence-corrected chi connectivity index (χ3v) is 5.63. The van der Waals surface area contributed by atoms with Gasteiger partial charge in [0, 0.05) is 24.5 Å². The summed E-state index contributed by atoms with van der Waals surface area (Å²) < 4.78 is 37.5. The molecule has 9 heteroatoms. The Labute approximate surface area is 142 Å². The van der Waals surface area contributed by atoms with Gasteiger partial charge in [0.05, 0.1) is 30.8 Å². The van der Waals surface area contributed by atoms with Crippen LogP contribution in [0.1, 0.15) is 12.0 Å². The summed E-state index contributed by atoms with van der Waals surface area (Å²) in [5.41, 5.74) is 9.15. The largest absolute Gasteiger partial charge is 0.379 e. The fourth-order valence-corrected chi connectivity index (χ4v) is 3.92. The molecule has 0 N–H and O–H groups in total. The monoisotopic (exact) mass is 354 g/mol. The third-order valence-electron chi connectivity index (χ3n) is 3.75. The molecule has 8 nitrogen and oxygen atoms in total. The zero-order valence-electron chi connectivity index (χ0n) is 13.7. The summed E-state index contributed by atoms with van der Waals surface area (Å²) in [6, 6.07) is 6.86. The highest BCUT2D eigenvalue weighted by Gasteiger charge is 2.32. The van der Waals surface area contributed by atoms with Gasteiger partial charge in [0.2, 0.25) is 10.0 Å². The molecule has 1 heterocycles. The van der Waals surface area contributed by atoms with Crippen molar-refractivity contribution in [2.75, 3.05) is 39.5 Å². The quantitative estimate of drug-likeness (QED) is 0.293. The van der Waals surface area contributed by atoms with E-state index in [0.717, 1.165) is 5.56 Å². The Hall–Kier alpha value is -1.64. The topological polar surface area (TPSA) is 105 Å². The maximum Gasteiger partial charge on any atom is 0.243 e. The molecule has 24 heavy (non-hydrogen) atoms. The van der Waals surface area contributed by atoms with Crippen LogP contribution in [0, 0.1) is 6.92 Å². The van der Waals surface area contributed by atoms with Crippen LogP contribution < -0.4 is 0 Å². The Bertz CT molecular complexity index is 671. The number of azide groups is 1. The molecule has 1 fully saturated rings. The number of ether oxygens (including phenoxy) is 2. The average Bonchev–Trinajstić information content (AvgIpc) is 3.04. The number of hydrogen-bond acceptors (Lipinski definition) is 5. The molecule has 0 radical (unpaired) electrons. The van der Waals surface area contributed by atoms with E-state index in [0.29, 0.717) is 50.8 Å². The molecule has 0 bridgehead atoms. The van der Waals surface area contributed by atoms with Gasteiger partial charge in [-0.3, -0.25) is 0 Å². The van der Waals surface area contributed by atoms with E-state index in [2.05, 4.69) is 10.0 Å². The maximum atomic E-state index is 12.6. The normalized spacial score (nSPS) is 18.5. The first-order chi connectivity index (χ1) is 11.5. The summed E-state index contributed by atoms with van der Waals surface area (Å²) in [5, 5.41) is 3.36. The van der Waals surface area contributed by atoms with Gasteiger partial charge >= 0.3 is 0 Å². The second-order valence-corrected chi connectivity index (χ2v) is 7.46. The van der Waals surface area contributed by atoms with Crippen LogP contribution in [0.15, 0.2) is 34.3 Å². The van der Waals surface area contributed by atoms with Crippen LogP contribution in [-0.4, -0.2) is 58.3 Å². The standard InChI is InChI=1S/C15H22N4O4S/c1-13-2-4-15(5-3-13)24(20,21)19-8-6-14(12-19)23-11-10-22-9-7-17-18-16/h2-5,14H,6-12H2,1H3/t14-/m1/s1. The summed E-state index contributed by atoms with van der Waals surface area (Å²) in [5.74, 6) is 0. The summed E-state index contributed by atoms with van der Waals surface area (Å²) in [7, 11) is -3.46. The third kappa shape index (κ3) is 5.19. The lowest BCUT2D eigenvalue weighted by molar-refractivity contribution is 0.0131. The molecule has 1 aliphatic heterocycles. The lowest BCUT2D eigenvalue weighted by Gasteiger charge is -2.17. The Morgan fingerprint density at radius 1 is 1.29 bits per heavy atom. The van der Waals surface area contributed by atoms with E-state index in [-0.39, 0.29) is 6.10 Å². The highest BCUT2D eigenvalue weighted by Crippen LogP contribution is 2.22. The maximum absolute atomic E-state index is 12.6. The molecule has 2 rings (SSSR count). The SMILES string of the molecule is Cc1ccc(S(=O)(=O)N2CC[C@@H](OCCOCCN=[N+]=[N-])C2)cc1. The van der Waals surface area contributed by atoms with E-state index in [4.69, 9.17) is 15.0 Å². The van der Waals surface area contributed by atoms with Gasteiger partial charge in [0.25, 0.3) is 0 Å². The highest BCUT2D eigenvalue weighted by atomic mass is 32.2. The van der Waals surface area contributed by atoms with Crippen LogP contribution in [-0.2, 0) is 19.5 Å². The highest BCUT2D eigenvalue weighted by molar-refractivity contribution is 7.89. The van der Waals surface area contributed by atoms with Gasteiger partial charge < -0.3 is 9.47 Å². The van der Waals surface area contributed by atoms with Crippen LogP contribution in [0.5, 0.6) is 0 Å². The Kier molecular flexibility index (Phi) is 7.01. The molecular weight excluding hydrogens is 332 g/mol. The second kappa shape index (κ2) is 9.00. The van der Waals surface area contributed by atoms with Crippen LogP contribution in [0.4, 0.5) is 0 Å². The van der Waals surface area contributed by atoms with Crippen molar-refractivity contribution in [3.8, 4) is 0 Å². The molecule has 0 amide bonds. The minimum Gasteiger partial charge on any atom is -0.379 e. The Balaban J connectivity index is 1.76. The molecule has 0 aliphatic carbocycles. The smallest absolute Gasteiger partial charge is 0.243 e. The molecule has 1 atom stereocenters. The fourth-order valence-electron chi connectivity index (χ4n) is 2.44. The van der Waals surface area contributed by atoms with Gasteiger partial charge in [-0.15, -0.1) is 0 Å².